The predicted molar refractivity (Wildman–Crippen MR) is 86.3 cm³/mol. The summed E-state index contributed by atoms with van der Waals surface area (Å²) >= 11 is 13.1. The lowest BCUT2D eigenvalue weighted by Gasteiger charge is -2.11. The van der Waals surface area contributed by atoms with Crippen LogP contribution in [0.4, 0.5) is 5.69 Å². The fraction of sp³-hybridized carbons (Fsp3) is 0.100. The van der Waals surface area contributed by atoms with E-state index in [1.165, 1.54) is 13.3 Å². The highest BCUT2D eigenvalue weighted by molar-refractivity contribution is 9.11. The van der Waals surface area contributed by atoms with Crippen molar-refractivity contribution in [1.29, 1.82) is 0 Å². The number of nitrogens with one attached hydrogen (secondary N) is 1. The van der Waals surface area contributed by atoms with Gasteiger partial charge in [-0.05, 0) is 37.9 Å². The molecule has 0 saturated carbocycles. The van der Waals surface area contributed by atoms with Gasteiger partial charge in [0.05, 0.1) is 23.5 Å². The standard InChI is InChI=1S/C10H7Br2ClN2O3S2/c1-18-8-3-7(5(11)2-6(8)12)15-20(16,17)9-4-14-10(13)19-9/h2-4,15H,1H3. The number of thiazole rings is 1. The van der Waals surface area contributed by atoms with Gasteiger partial charge in [0.1, 0.15) is 5.75 Å². The summed E-state index contributed by atoms with van der Waals surface area (Å²) in [7, 11) is -2.24. The van der Waals surface area contributed by atoms with Gasteiger partial charge in [-0.25, -0.2) is 13.4 Å². The maximum atomic E-state index is 12.2. The smallest absolute Gasteiger partial charge is 0.273 e. The minimum absolute atomic E-state index is 0.0382. The van der Waals surface area contributed by atoms with Gasteiger partial charge in [0.25, 0.3) is 10.0 Å². The third-order valence-corrected chi connectivity index (χ3v) is 6.42. The zero-order valence-electron chi connectivity index (χ0n) is 9.85. The molecule has 0 atom stereocenters. The van der Waals surface area contributed by atoms with E-state index in [1.54, 1.807) is 12.1 Å². The van der Waals surface area contributed by atoms with Crippen LogP contribution < -0.4 is 9.46 Å². The number of sulfonamides is 1. The van der Waals surface area contributed by atoms with Crippen molar-refractivity contribution in [2.75, 3.05) is 11.8 Å². The van der Waals surface area contributed by atoms with Crippen molar-refractivity contribution in [2.45, 2.75) is 4.21 Å². The first-order valence-corrected chi connectivity index (χ1v) is 9.27. The Labute approximate surface area is 141 Å². The number of aromatic nitrogens is 1. The van der Waals surface area contributed by atoms with Crippen molar-refractivity contribution in [2.24, 2.45) is 0 Å². The third kappa shape index (κ3) is 3.45. The van der Waals surface area contributed by atoms with Crippen molar-refractivity contribution in [1.82, 2.24) is 4.98 Å². The normalized spacial score (nSPS) is 11.4. The second-order valence-electron chi connectivity index (χ2n) is 3.50. The highest BCUT2D eigenvalue weighted by atomic mass is 79.9. The van der Waals surface area contributed by atoms with Crippen molar-refractivity contribution in [3.8, 4) is 5.75 Å². The Hall–Kier alpha value is -0.350. The predicted octanol–water partition coefficient (Wildman–Crippen LogP) is 4.13. The van der Waals surface area contributed by atoms with Crippen LogP contribution in [0.1, 0.15) is 0 Å². The average molecular weight is 463 g/mol. The van der Waals surface area contributed by atoms with Crippen molar-refractivity contribution in [3.05, 3.63) is 31.7 Å². The van der Waals surface area contributed by atoms with E-state index in [2.05, 4.69) is 41.6 Å². The molecule has 2 aromatic rings. The SMILES string of the molecule is COc1cc(NS(=O)(=O)c2cnc(Cl)s2)c(Br)cc1Br. The molecule has 0 saturated heterocycles. The average Bonchev–Trinajstić information content (AvgIpc) is 2.80. The number of ether oxygens (including phenoxy) is 1. The van der Waals surface area contributed by atoms with Crippen LogP contribution in [0.15, 0.2) is 31.5 Å². The van der Waals surface area contributed by atoms with Crippen LogP contribution in [0.25, 0.3) is 0 Å². The summed E-state index contributed by atoms with van der Waals surface area (Å²) < 4.78 is 33.4. The Morgan fingerprint density at radius 2 is 2.05 bits per heavy atom. The molecule has 0 bridgehead atoms. The fourth-order valence-electron chi connectivity index (χ4n) is 1.32. The monoisotopic (exact) mass is 460 g/mol. The van der Waals surface area contributed by atoms with Crippen LogP contribution in [0, 0.1) is 0 Å². The van der Waals surface area contributed by atoms with E-state index in [-0.39, 0.29) is 8.68 Å². The maximum absolute atomic E-state index is 12.2. The molecule has 0 aliphatic heterocycles. The lowest BCUT2D eigenvalue weighted by molar-refractivity contribution is 0.412. The molecule has 0 fully saturated rings. The van der Waals surface area contributed by atoms with Gasteiger partial charge in [-0.15, -0.1) is 0 Å². The Morgan fingerprint density at radius 1 is 1.35 bits per heavy atom. The number of rotatable bonds is 4. The molecule has 0 aliphatic rings. The Kier molecular flexibility index (Phi) is 4.96. The van der Waals surface area contributed by atoms with Crippen LogP contribution in [-0.4, -0.2) is 20.5 Å². The molecule has 0 amide bonds. The van der Waals surface area contributed by atoms with Gasteiger partial charge < -0.3 is 4.74 Å². The van der Waals surface area contributed by atoms with Crippen molar-refractivity contribution in [3.63, 3.8) is 0 Å². The van der Waals surface area contributed by atoms with Gasteiger partial charge in [-0.1, -0.05) is 22.9 Å². The molecule has 1 aromatic heterocycles. The minimum Gasteiger partial charge on any atom is -0.495 e. The zero-order valence-corrected chi connectivity index (χ0v) is 15.4. The molecule has 10 heteroatoms. The van der Waals surface area contributed by atoms with E-state index in [0.29, 0.717) is 20.4 Å². The van der Waals surface area contributed by atoms with Crippen LogP contribution in [0.2, 0.25) is 4.47 Å². The van der Waals surface area contributed by atoms with Crippen molar-refractivity contribution < 1.29 is 13.2 Å². The summed E-state index contributed by atoms with van der Waals surface area (Å²) in [6.07, 6.45) is 1.21. The van der Waals surface area contributed by atoms with Crippen LogP contribution >= 0.6 is 54.8 Å². The van der Waals surface area contributed by atoms with Crippen LogP contribution in [0.5, 0.6) is 5.75 Å². The quantitative estimate of drug-likeness (QED) is 0.742. The van der Waals surface area contributed by atoms with E-state index in [4.69, 9.17) is 16.3 Å². The van der Waals surface area contributed by atoms with Gasteiger partial charge >= 0.3 is 0 Å². The van der Waals surface area contributed by atoms with E-state index in [1.807, 2.05) is 0 Å². The summed E-state index contributed by atoms with van der Waals surface area (Å²) in [5.41, 5.74) is 0.356. The largest absolute Gasteiger partial charge is 0.495 e. The Bertz CT molecular complexity index is 749. The number of anilines is 1. The summed E-state index contributed by atoms with van der Waals surface area (Å²) in [6, 6.07) is 3.25. The zero-order chi connectivity index (χ0) is 14.9. The number of benzene rings is 1. The van der Waals surface area contributed by atoms with Gasteiger partial charge in [0.2, 0.25) is 0 Å². The van der Waals surface area contributed by atoms with E-state index < -0.39 is 10.0 Å². The first kappa shape index (κ1) is 16.0. The summed E-state index contributed by atoms with van der Waals surface area (Å²) in [5, 5.41) is 0. The lowest BCUT2D eigenvalue weighted by atomic mass is 10.3. The second-order valence-corrected chi connectivity index (χ2v) is 8.74. The molecule has 0 spiro atoms. The Morgan fingerprint density at radius 3 is 2.60 bits per heavy atom. The van der Waals surface area contributed by atoms with E-state index in [0.717, 1.165) is 11.3 Å². The number of nitrogens with zero attached hydrogens (tertiary/aromatic N) is 1. The minimum atomic E-state index is -3.73. The molecule has 0 unspecified atom stereocenters. The fourth-order valence-corrected chi connectivity index (χ4v) is 5.07. The molecule has 5 nitrogen and oxygen atoms in total. The first-order chi connectivity index (χ1) is 9.33. The molecule has 1 N–H and O–H groups in total. The molecule has 0 aliphatic carbocycles. The molecule has 1 aromatic carbocycles. The number of methoxy groups -OCH3 is 1. The van der Waals surface area contributed by atoms with Gasteiger partial charge in [-0.3, -0.25) is 4.72 Å². The highest BCUT2D eigenvalue weighted by Crippen LogP contribution is 2.36. The van der Waals surface area contributed by atoms with E-state index in [9.17, 15) is 8.42 Å². The number of hydrogen-bond acceptors (Lipinski definition) is 5. The van der Waals surface area contributed by atoms with E-state index >= 15 is 0 Å². The molecule has 0 radical (unpaired) electrons. The Balaban J connectivity index is 2.39. The maximum Gasteiger partial charge on any atom is 0.273 e. The second kappa shape index (κ2) is 6.18. The van der Waals surface area contributed by atoms with Gasteiger partial charge in [-0.2, -0.15) is 0 Å². The molecule has 2 rings (SSSR count). The molecular formula is C10H7Br2ClN2O3S2. The third-order valence-electron chi connectivity index (χ3n) is 2.21. The van der Waals surface area contributed by atoms with Crippen molar-refractivity contribution >= 4 is 70.5 Å². The lowest BCUT2D eigenvalue weighted by Crippen LogP contribution is -2.12. The van der Waals surface area contributed by atoms with Gasteiger partial charge in [0.15, 0.2) is 8.68 Å². The number of hydrogen-bond donors (Lipinski definition) is 1. The summed E-state index contributed by atoms with van der Waals surface area (Å²) in [4.78, 5) is 3.72. The van der Waals surface area contributed by atoms with Crippen LogP contribution in [-0.2, 0) is 10.0 Å². The van der Waals surface area contributed by atoms with Gasteiger partial charge in [0, 0.05) is 10.5 Å². The molecule has 1 heterocycles. The first-order valence-electron chi connectivity index (χ1n) is 5.00. The molecular weight excluding hydrogens is 456 g/mol. The highest BCUT2D eigenvalue weighted by Gasteiger charge is 2.20. The topological polar surface area (TPSA) is 68.3 Å². The molecule has 108 valence electrons. The van der Waals surface area contributed by atoms with Crippen LogP contribution in [0.3, 0.4) is 0 Å². The molecule has 20 heavy (non-hydrogen) atoms. The summed E-state index contributed by atoms with van der Waals surface area (Å²) in [6.45, 7) is 0. The summed E-state index contributed by atoms with van der Waals surface area (Å²) in [5.74, 6) is 0.508. The number of halogens is 3.